The van der Waals surface area contributed by atoms with Crippen LogP contribution < -0.4 is 5.73 Å². The molecule has 3 rings (SSSR count). The molecule has 0 aliphatic heterocycles. The van der Waals surface area contributed by atoms with Gasteiger partial charge < -0.3 is 5.73 Å². The van der Waals surface area contributed by atoms with E-state index in [1.54, 1.807) is 16.6 Å². The highest BCUT2D eigenvalue weighted by molar-refractivity contribution is 5.93. The highest BCUT2D eigenvalue weighted by Gasteiger charge is 2.07. The van der Waals surface area contributed by atoms with E-state index in [-0.39, 0.29) is 0 Å². The number of fused-ring (bicyclic) bond motifs is 1. The first-order chi connectivity index (χ1) is 9.69. The van der Waals surface area contributed by atoms with Crippen molar-refractivity contribution in [2.75, 3.05) is 0 Å². The Balaban J connectivity index is 2.07. The Hall–Kier alpha value is -2.76. The second kappa shape index (κ2) is 4.73. The first-order valence-corrected chi connectivity index (χ1v) is 6.30. The molecule has 100 valence electrons. The largest absolute Gasteiger partial charge is 0.366 e. The zero-order chi connectivity index (χ0) is 14.1. The molecule has 0 saturated heterocycles. The maximum atomic E-state index is 11.1. The molecular weight excluding hydrogens is 254 g/mol. The van der Waals surface area contributed by atoms with Gasteiger partial charge in [-0.2, -0.15) is 9.61 Å². The first kappa shape index (κ1) is 12.3. The standard InChI is InChI=1S/C14H13N5O/c1-2-12-16-17-13-8-7-11(18-19(12)13)9-3-5-10(6-4-9)14(15)20/h3-8H,2H2,1H3,(H2,15,20). The van der Waals surface area contributed by atoms with Crippen molar-refractivity contribution >= 4 is 11.6 Å². The molecule has 20 heavy (non-hydrogen) atoms. The summed E-state index contributed by atoms with van der Waals surface area (Å²) in [6.07, 6.45) is 0.762. The average molecular weight is 267 g/mol. The third-order valence-electron chi connectivity index (χ3n) is 3.11. The Morgan fingerprint density at radius 2 is 1.90 bits per heavy atom. The number of rotatable bonds is 3. The van der Waals surface area contributed by atoms with Crippen LogP contribution in [0.25, 0.3) is 16.9 Å². The van der Waals surface area contributed by atoms with E-state index in [4.69, 9.17) is 5.73 Å². The Kier molecular flexibility index (Phi) is 2.90. The molecule has 2 aromatic heterocycles. The number of hydrogen-bond donors (Lipinski definition) is 1. The van der Waals surface area contributed by atoms with E-state index in [9.17, 15) is 4.79 Å². The third kappa shape index (κ3) is 2.01. The number of aromatic nitrogens is 4. The highest BCUT2D eigenvalue weighted by atomic mass is 16.1. The predicted octanol–water partition coefficient (Wildman–Crippen LogP) is 1.45. The molecule has 6 heteroatoms. The maximum absolute atomic E-state index is 11.1. The van der Waals surface area contributed by atoms with Crippen molar-refractivity contribution in [2.24, 2.45) is 5.73 Å². The number of primary amides is 1. The van der Waals surface area contributed by atoms with Gasteiger partial charge >= 0.3 is 0 Å². The van der Waals surface area contributed by atoms with E-state index >= 15 is 0 Å². The zero-order valence-corrected chi connectivity index (χ0v) is 10.9. The molecule has 0 spiro atoms. The van der Waals surface area contributed by atoms with Crippen molar-refractivity contribution in [3.63, 3.8) is 0 Å². The highest BCUT2D eigenvalue weighted by Crippen LogP contribution is 2.18. The number of carbonyl (C=O) groups excluding carboxylic acids is 1. The molecule has 2 N–H and O–H groups in total. The number of benzene rings is 1. The first-order valence-electron chi connectivity index (χ1n) is 6.30. The van der Waals surface area contributed by atoms with Crippen LogP contribution in [0.5, 0.6) is 0 Å². The van der Waals surface area contributed by atoms with Gasteiger partial charge in [-0.3, -0.25) is 4.79 Å². The second-order valence-electron chi connectivity index (χ2n) is 4.40. The van der Waals surface area contributed by atoms with Gasteiger partial charge in [0, 0.05) is 17.5 Å². The summed E-state index contributed by atoms with van der Waals surface area (Å²) >= 11 is 0. The molecule has 0 fully saturated rings. The number of carbonyl (C=O) groups is 1. The van der Waals surface area contributed by atoms with Crippen molar-refractivity contribution in [3.05, 3.63) is 47.8 Å². The molecule has 6 nitrogen and oxygen atoms in total. The molecular formula is C14H13N5O. The fraction of sp³-hybridized carbons (Fsp3) is 0.143. The van der Waals surface area contributed by atoms with E-state index in [1.807, 2.05) is 31.2 Å². The van der Waals surface area contributed by atoms with Crippen LogP contribution in [0.2, 0.25) is 0 Å². The summed E-state index contributed by atoms with van der Waals surface area (Å²) in [5.74, 6) is 0.377. The van der Waals surface area contributed by atoms with Crippen LogP contribution in [-0.2, 0) is 6.42 Å². The van der Waals surface area contributed by atoms with Gasteiger partial charge in [-0.05, 0) is 24.3 Å². The van der Waals surface area contributed by atoms with Crippen molar-refractivity contribution < 1.29 is 4.79 Å². The summed E-state index contributed by atoms with van der Waals surface area (Å²) in [5.41, 5.74) is 8.13. The van der Waals surface area contributed by atoms with Gasteiger partial charge in [0.2, 0.25) is 5.91 Å². The Morgan fingerprint density at radius 1 is 1.15 bits per heavy atom. The van der Waals surface area contributed by atoms with E-state index in [1.165, 1.54) is 0 Å². The van der Waals surface area contributed by atoms with Crippen LogP contribution in [0.15, 0.2) is 36.4 Å². The summed E-state index contributed by atoms with van der Waals surface area (Å²) in [5, 5.41) is 12.7. The van der Waals surface area contributed by atoms with Crippen molar-refractivity contribution in [1.82, 2.24) is 19.8 Å². The van der Waals surface area contributed by atoms with Crippen molar-refractivity contribution in [3.8, 4) is 11.3 Å². The summed E-state index contributed by atoms with van der Waals surface area (Å²) < 4.78 is 1.73. The van der Waals surface area contributed by atoms with Crippen molar-refractivity contribution in [1.29, 1.82) is 0 Å². The molecule has 2 heterocycles. The van der Waals surface area contributed by atoms with Gasteiger partial charge in [0.05, 0.1) is 5.69 Å². The number of nitrogens with two attached hydrogens (primary N) is 1. The normalized spacial score (nSPS) is 10.8. The summed E-state index contributed by atoms with van der Waals surface area (Å²) in [6.45, 7) is 2.01. The van der Waals surface area contributed by atoms with E-state index in [0.29, 0.717) is 5.56 Å². The minimum Gasteiger partial charge on any atom is -0.366 e. The minimum absolute atomic E-state index is 0.438. The van der Waals surface area contributed by atoms with Crippen LogP contribution in [0, 0.1) is 0 Å². The van der Waals surface area contributed by atoms with Crippen LogP contribution in [0.3, 0.4) is 0 Å². The van der Waals surface area contributed by atoms with Gasteiger partial charge in [0.15, 0.2) is 11.5 Å². The van der Waals surface area contributed by atoms with Crippen LogP contribution >= 0.6 is 0 Å². The smallest absolute Gasteiger partial charge is 0.248 e. The van der Waals surface area contributed by atoms with Gasteiger partial charge in [0.25, 0.3) is 0 Å². The topological polar surface area (TPSA) is 86.2 Å². The zero-order valence-electron chi connectivity index (χ0n) is 10.9. The lowest BCUT2D eigenvalue weighted by atomic mass is 10.1. The molecule has 0 aliphatic rings. The van der Waals surface area contributed by atoms with Gasteiger partial charge in [-0.25, -0.2) is 0 Å². The number of aryl methyl sites for hydroxylation is 1. The number of nitrogens with zero attached hydrogens (tertiary/aromatic N) is 4. The second-order valence-corrected chi connectivity index (χ2v) is 4.40. The maximum Gasteiger partial charge on any atom is 0.248 e. The molecule has 0 bridgehead atoms. The Labute approximate surface area is 115 Å². The van der Waals surface area contributed by atoms with E-state index < -0.39 is 5.91 Å². The predicted molar refractivity (Wildman–Crippen MR) is 74.1 cm³/mol. The van der Waals surface area contributed by atoms with Crippen LogP contribution in [0.4, 0.5) is 0 Å². The quantitative estimate of drug-likeness (QED) is 0.778. The molecule has 0 radical (unpaired) electrons. The molecule has 0 atom stereocenters. The SMILES string of the molecule is CCc1nnc2ccc(-c3ccc(C(N)=O)cc3)nn12. The summed E-state index contributed by atoms with van der Waals surface area (Å²) in [4.78, 5) is 11.1. The van der Waals surface area contributed by atoms with Gasteiger partial charge in [-0.1, -0.05) is 19.1 Å². The number of amides is 1. The Bertz CT molecular complexity index is 776. The van der Waals surface area contributed by atoms with E-state index in [2.05, 4.69) is 15.3 Å². The summed E-state index contributed by atoms with van der Waals surface area (Å²) in [6, 6.07) is 10.8. The van der Waals surface area contributed by atoms with Gasteiger partial charge in [0.1, 0.15) is 0 Å². The molecule has 1 aromatic carbocycles. The van der Waals surface area contributed by atoms with Gasteiger partial charge in [-0.15, -0.1) is 10.2 Å². The van der Waals surface area contributed by atoms with Crippen LogP contribution in [-0.4, -0.2) is 25.7 Å². The molecule has 1 amide bonds. The van der Waals surface area contributed by atoms with Crippen LogP contribution in [0.1, 0.15) is 23.1 Å². The lowest BCUT2D eigenvalue weighted by molar-refractivity contribution is 0.100. The molecule has 0 unspecified atom stereocenters. The summed E-state index contributed by atoms with van der Waals surface area (Å²) in [7, 11) is 0. The molecule has 3 aromatic rings. The fourth-order valence-electron chi connectivity index (χ4n) is 2.01. The molecule has 0 saturated carbocycles. The monoisotopic (exact) mass is 267 g/mol. The lowest BCUT2D eigenvalue weighted by Gasteiger charge is -2.03. The Morgan fingerprint density at radius 3 is 2.55 bits per heavy atom. The fourth-order valence-corrected chi connectivity index (χ4v) is 2.01. The lowest BCUT2D eigenvalue weighted by Crippen LogP contribution is -2.10. The van der Waals surface area contributed by atoms with Crippen molar-refractivity contribution in [2.45, 2.75) is 13.3 Å². The number of hydrogen-bond acceptors (Lipinski definition) is 4. The minimum atomic E-state index is -0.438. The molecule has 0 aliphatic carbocycles. The average Bonchev–Trinajstić information content (AvgIpc) is 2.89. The third-order valence-corrected chi connectivity index (χ3v) is 3.11. The van der Waals surface area contributed by atoms with E-state index in [0.717, 1.165) is 29.1 Å².